The van der Waals surface area contributed by atoms with Gasteiger partial charge in [0.05, 0.1) is 6.10 Å². The summed E-state index contributed by atoms with van der Waals surface area (Å²) < 4.78 is 32.9. The number of hydrogen-bond acceptors (Lipinski definition) is 2. The average Bonchev–Trinajstić information content (AvgIpc) is 2.79. The van der Waals surface area contributed by atoms with E-state index >= 15 is 0 Å². The highest BCUT2D eigenvalue weighted by Crippen LogP contribution is 2.24. The lowest BCUT2D eigenvalue weighted by Gasteiger charge is -2.11. The van der Waals surface area contributed by atoms with Crippen molar-refractivity contribution in [3.63, 3.8) is 0 Å². The van der Waals surface area contributed by atoms with Crippen LogP contribution in [0.3, 0.4) is 0 Å². The molecule has 1 aromatic rings. The van der Waals surface area contributed by atoms with E-state index < -0.39 is 11.6 Å². The van der Waals surface area contributed by atoms with E-state index in [1.54, 1.807) is 0 Å². The van der Waals surface area contributed by atoms with Gasteiger partial charge in [-0.15, -0.1) is 0 Å². The van der Waals surface area contributed by atoms with Crippen LogP contribution in [0.15, 0.2) is 16.6 Å². The molecule has 1 fully saturated rings. The molecular formula is C13H16BrF2NO. The van der Waals surface area contributed by atoms with Crippen molar-refractivity contribution in [2.24, 2.45) is 0 Å². The zero-order chi connectivity index (χ0) is 13.0. The number of ether oxygens (including phenoxy) is 1. The number of nitrogens with one attached hydrogen (secondary N) is 1. The number of benzene rings is 1. The van der Waals surface area contributed by atoms with Crippen LogP contribution in [-0.2, 0) is 4.74 Å². The minimum atomic E-state index is -0.570. The molecule has 5 heteroatoms. The van der Waals surface area contributed by atoms with E-state index in [0.717, 1.165) is 32.3 Å². The van der Waals surface area contributed by atoms with Crippen LogP contribution in [0.4, 0.5) is 14.5 Å². The van der Waals surface area contributed by atoms with Crippen LogP contribution >= 0.6 is 15.9 Å². The van der Waals surface area contributed by atoms with E-state index in [4.69, 9.17) is 4.74 Å². The molecule has 1 aliphatic heterocycles. The topological polar surface area (TPSA) is 21.3 Å². The molecule has 0 aliphatic carbocycles. The van der Waals surface area contributed by atoms with Crippen molar-refractivity contribution < 1.29 is 13.5 Å². The van der Waals surface area contributed by atoms with Crippen LogP contribution in [-0.4, -0.2) is 19.3 Å². The molecule has 0 saturated carbocycles. The minimum Gasteiger partial charge on any atom is -0.380 e. The second-order valence-corrected chi connectivity index (χ2v) is 5.36. The fraction of sp³-hybridized carbons (Fsp3) is 0.538. The lowest BCUT2D eigenvalue weighted by molar-refractivity contribution is 0.103. The molecule has 0 amide bonds. The molecule has 0 radical (unpaired) electrons. The Bertz CT molecular complexity index is 385. The monoisotopic (exact) mass is 319 g/mol. The van der Waals surface area contributed by atoms with Crippen molar-refractivity contribution >= 4 is 21.6 Å². The summed E-state index contributed by atoms with van der Waals surface area (Å²) in [6, 6.07) is 2.51. The van der Waals surface area contributed by atoms with Crippen molar-refractivity contribution in [3.05, 3.63) is 28.2 Å². The van der Waals surface area contributed by atoms with Gasteiger partial charge >= 0.3 is 0 Å². The van der Waals surface area contributed by atoms with Gasteiger partial charge in [-0.1, -0.05) is 15.9 Å². The van der Waals surface area contributed by atoms with Gasteiger partial charge in [0.2, 0.25) is 0 Å². The maximum atomic E-state index is 13.5. The summed E-state index contributed by atoms with van der Waals surface area (Å²) in [6.45, 7) is 1.39. The highest BCUT2D eigenvalue weighted by atomic mass is 79.9. The second kappa shape index (κ2) is 6.48. The molecule has 1 saturated heterocycles. The normalized spacial score (nSPS) is 19.2. The molecule has 1 unspecified atom stereocenters. The smallest absolute Gasteiger partial charge is 0.150 e. The lowest BCUT2D eigenvalue weighted by atomic mass is 10.1. The van der Waals surface area contributed by atoms with E-state index in [1.165, 1.54) is 12.1 Å². The van der Waals surface area contributed by atoms with Crippen LogP contribution in [0.5, 0.6) is 0 Å². The van der Waals surface area contributed by atoms with Gasteiger partial charge in [-0.3, -0.25) is 0 Å². The summed E-state index contributed by atoms with van der Waals surface area (Å²) in [4.78, 5) is 0. The zero-order valence-electron chi connectivity index (χ0n) is 10.0. The Labute approximate surface area is 114 Å². The standard InChI is InChI=1S/C13H16BrF2NO/c14-9-7-11(15)13(12(16)8-9)17-5-1-3-10-4-2-6-18-10/h7-8,10,17H,1-6H2. The summed E-state index contributed by atoms with van der Waals surface area (Å²) in [5, 5.41) is 2.81. The Kier molecular flexibility index (Phi) is 4.95. The molecule has 1 N–H and O–H groups in total. The van der Waals surface area contributed by atoms with Gasteiger partial charge in [-0.2, -0.15) is 0 Å². The van der Waals surface area contributed by atoms with Gasteiger partial charge in [0.1, 0.15) is 17.3 Å². The molecular weight excluding hydrogens is 304 g/mol. The SMILES string of the molecule is Fc1cc(Br)cc(F)c1NCCCC1CCCO1. The van der Waals surface area contributed by atoms with E-state index in [0.29, 0.717) is 17.1 Å². The first-order valence-corrected chi connectivity index (χ1v) is 6.96. The maximum absolute atomic E-state index is 13.5. The van der Waals surface area contributed by atoms with E-state index in [2.05, 4.69) is 21.2 Å². The summed E-state index contributed by atoms with van der Waals surface area (Å²) >= 11 is 3.05. The molecule has 1 aromatic carbocycles. The van der Waals surface area contributed by atoms with Crippen molar-refractivity contribution in [3.8, 4) is 0 Å². The number of halogens is 3. The number of anilines is 1. The van der Waals surface area contributed by atoms with Gasteiger partial charge in [0.25, 0.3) is 0 Å². The van der Waals surface area contributed by atoms with Gasteiger partial charge in [-0.25, -0.2) is 8.78 Å². The molecule has 2 nitrogen and oxygen atoms in total. The summed E-state index contributed by atoms with van der Waals surface area (Å²) in [7, 11) is 0. The third-order valence-electron chi connectivity index (χ3n) is 3.04. The molecule has 0 bridgehead atoms. The fourth-order valence-corrected chi connectivity index (χ4v) is 2.53. The Balaban J connectivity index is 1.79. The number of hydrogen-bond donors (Lipinski definition) is 1. The molecule has 0 aromatic heterocycles. The second-order valence-electron chi connectivity index (χ2n) is 4.45. The highest BCUT2D eigenvalue weighted by molar-refractivity contribution is 9.10. The van der Waals surface area contributed by atoms with Crippen molar-refractivity contribution in [2.75, 3.05) is 18.5 Å². The summed E-state index contributed by atoms with van der Waals surface area (Å²) in [6.07, 6.45) is 4.33. The Morgan fingerprint density at radius 3 is 2.67 bits per heavy atom. The molecule has 100 valence electrons. The Morgan fingerprint density at radius 2 is 2.06 bits per heavy atom. The highest BCUT2D eigenvalue weighted by Gasteiger charge is 2.15. The molecule has 18 heavy (non-hydrogen) atoms. The first kappa shape index (κ1) is 13.7. The van der Waals surface area contributed by atoms with Gasteiger partial charge in [0.15, 0.2) is 0 Å². The predicted octanol–water partition coefficient (Wildman–Crippen LogP) is 4.10. The first-order valence-electron chi connectivity index (χ1n) is 6.17. The molecule has 1 aliphatic rings. The van der Waals surface area contributed by atoms with Crippen LogP contribution < -0.4 is 5.32 Å². The van der Waals surface area contributed by atoms with Gasteiger partial charge in [0, 0.05) is 17.6 Å². The Hall–Kier alpha value is -0.680. The zero-order valence-corrected chi connectivity index (χ0v) is 11.6. The van der Waals surface area contributed by atoms with Crippen molar-refractivity contribution in [1.29, 1.82) is 0 Å². The number of rotatable bonds is 5. The van der Waals surface area contributed by atoms with Gasteiger partial charge in [-0.05, 0) is 37.8 Å². The molecule has 2 rings (SSSR count). The lowest BCUT2D eigenvalue weighted by Crippen LogP contribution is -2.10. The van der Waals surface area contributed by atoms with Crippen LogP contribution in [0.2, 0.25) is 0 Å². The quantitative estimate of drug-likeness (QED) is 0.825. The van der Waals surface area contributed by atoms with E-state index in [-0.39, 0.29) is 5.69 Å². The first-order chi connectivity index (χ1) is 8.66. The maximum Gasteiger partial charge on any atom is 0.150 e. The Morgan fingerprint density at radius 1 is 1.33 bits per heavy atom. The third kappa shape index (κ3) is 3.65. The van der Waals surface area contributed by atoms with Gasteiger partial charge < -0.3 is 10.1 Å². The van der Waals surface area contributed by atoms with Crippen LogP contribution in [0.25, 0.3) is 0 Å². The van der Waals surface area contributed by atoms with Crippen LogP contribution in [0, 0.1) is 11.6 Å². The molecule has 1 heterocycles. The summed E-state index contributed by atoms with van der Waals surface area (Å²) in [5.41, 5.74) is -0.0504. The average molecular weight is 320 g/mol. The minimum absolute atomic E-state index is 0.0504. The molecule has 0 spiro atoms. The van der Waals surface area contributed by atoms with E-state index in [1.807, 2.05) is 0 Å². The fourth-order valence-electron chi connectivity index (χ4n) is 2.13. The predicted molar refractivity (Wildman–Crippen MR) is 70.8 cm³/mol. The third-order valence-corrected chi connectivity index (χ3v) is 3.49. The largest absolute Gasteiger partial charge is 0.380 e. The molecule has 1 atom stereocenters. The van der Waals surface area contributed by atoms with E-state index in [9.17, 15) is 8.78 Å². The van der Waals surface area contributed by atoms with Crippen molar-refractivity contribution in [1.82, 2.24) is 0 Å². The van der Waals surface area contributed by atoms with Crippen molar-refractivity contribution in [2.45, 2.75) is 31.8 Å². The van der Waals surface area contributed by atoms with Crippen LogP contribution in [0.1, 0.15) is 25.7 Å². The summed E-state index contributed by atoms with van der Waals surface area (Å²) in [5.74, 6) is -1.14.